The van der Waals surface area contributed by atoms with Crippen molar-refractivity contribution in [1.82, 2.24) is 10.1 Å². The lowest BCUT2D eigenvalue weighted by Gasteiger charge is -2.28. The van der Waals surface area contributed by atoms with Crippen LogP contribution in [0.25, 0.3) is 11.3 Å². The number of halogens is 1. The Hall–Kier alpha value is -2.79. The quantitative estimate of drug-likeness (QED) is 0.677. The Morgan fingerprint density at radius 1 is 1.15 bits per heavy atom. The maximum Gasteiger partial charge on any atom is 0.264 e. The number of carbonyl (C=O) groups excluding carboxylic acids is 1. The molecule has 2 aliphatic rings. The highest BCUT2D eigenvalue weighted by Crippen LogP contribution is 2.33. The number of nitrogens with zero attached hydrogens (tertiary/aromatic N) is 2. The van der Waals surface area contributed by atoms with Gasteiger partial charge in [-0.2, -0.15) is 0 Å². The molecule has 27 heavy (non-hydrogen) atoms. The fourth-order valence-corrected chi connectivity index (χ4v) is 3.88. The van der Waals surface area contributed by atoms with Crippen molar-refractivity contribution in [3.8, 4) is 17.0 Å². The van der Waals surface area contributed by atoms with E-state index >= 15 is 0 Å². The minimum atomic E-state index is -0.456. The Kier molecular flexibility index (Phi) is 3.90. The highest BCUT2D eigenvalue weighted by Gasteiger charge is 2.35. The molecule has 1 aromatic heterocycles. The second-order valence-corrected chi connectivity index (χ2v) is 7.30. The Labute approximate surface area is 161 Å². The minimum Gasteiger partial charge on any atom is -0.480 e. The summed E-state index contributed by atoms with van der Waals surface area (Å²) >= 11 is 5.98. The molecule has 6 heteroatoms. The normalized spacial score (nSPS) is 18.0. The average Bonchev–Trinajstić information content (AvgIpc) is 3.31. The fourth-order valence-electron chi connectivity index (χ4n) is 3.76. The Morgan fingerprint density at radius 3 is 2.78 bits per heavy atom. The van der Waals surface area contributed by atoms with Crippen LogP contribution in [0.1, 0.15) is 16.9 Å². The van der Waals surface area contributed by atoms with Gasteiger partial charge in [-0.3, -0.25) is 4.79 Å². The minimum absolute atomic E-state index is 0.0140. The van der Waals surface area contributed by atoms with Crippen molar-refractivity contribution in [2.24, 2.45) is 0 Å². The molecule has 1 amide bonds. The van der Waals surface area contributed by atoms with Gasteiger partial charge in [0.2, 0.25) is 0 Å². The Balaban J connectivity index is 1.37. The first-order valence-electron chi connectivity index (χ1n) is 8.96. The van der Waals surface area contributed by atoms with Gasteiger partial charge < -0.3 is 14.2 Å². The lowest BCUT2D eigenvalue weighted by molar-refractivity contribution is -0.138. The molecule has 136 valence electrons. The van der Waals surface area contributed by atoms with Crippen LogP contribution in [0.15, 0.2) is 53.1 Å². The first-order chi connectivity index (χ1) is 13.2. The van der Waals surface area contributed by atoms with Crippen molar-refractivity contribution in [1.29, 1.82) is 0 Å². The standard InChI is InChI=1S/C21H17ClN2O3/c22-15-7-5-13(6-8-15)20-16-12-24(10-9-18(16)27-23-20)21(25)19-11-14-3-1-2-4-17(14)26-19/h1-8,19H,9-12H2/t19-/m0/s1. The third-order valence-electron chi connectivity index (χ3n) is 5.18. The van der Waals surface area contributed by atoms with Crippen molar-refractivity contribution in [3.63, 3.8) is 0 Å². The molecule has 3 heterocycles. The van der Waals surface area contributed by atoms with Gasteiger partial charge in [0.1, 0.15) is 17.2 Å². The van der Waals surface area contributed by atoms with Crippen molar-refractivity contribution < 1.29 is 14.1 Å². The molecule has 5 rings (SSSR count). The van der Waals surface area contributed by atoms with Crippen LogP contribution in [0.4, 0.5) is 0 Å². The summed E-state index contributed by atoms with van der Waals surface area (Å²) < 4.78 is 11.4. The van der Waals surface area contributed by atoms with Crippen molar-refractivity contribution in [2.75, 3.05) is 6.54 Å². The highest BCUT2D eigenvalue weighted by atomic mass is 35.5. The average molecular weight is 381 g/mol. The molecule has 0 spiro atoms. The number of ether oxygens (including phenoxy) is 1. The van der Waals surface area contributed by atoms with E-state index in [0.717, 1.165) is 33.9 Å². The van der Waals surface area contributed by atoms with Gasteiger partial charge in [0.15, 0.2) is 6.10 Å². The van der Waals surface area contributed by atoms with Gasteiger partial charge in [-0.25, -0.2) is 0 Å². The summed E-state index contributed by atoms with van der Waals surface area (Å²) in [6.45, 7) is 1.09. The number of hydrogen-bond donors (Lipinski definition) is 0. The smallest absolute Gasteiger partial charge is 0.264 e. The number of fused-ring (bicyclic) bond motifs is 2. The van der Waals surface area contributed by atoms with Gasteiger partial charge in [0.05, 0.1) is 6.54 Å². The molecule has 0 saturated carbocycles. The van der Waals surface area contributed by atoms with Crippen molar-refractivity contribution in [3.05, 3.63) is 70.4 Å². The summed E-state index contributed by atoms with van der Waals surface area (Å²) in [7, 11) is 0. The Bertz CT molecular complexity index is 988. The summed E-state index contributed by atoms with van der Waals surface area (Å²) in [5.41, 5.74) is 3.76. The van der Waals surface area contributed by atoms with Crippen LogP contribution in [-0.4, -0.2) is 28.6 Å². The molecule has 1 atom stereocenters. The second-order valence-electron chi connectivity index (χ2n) is 6.87. The zero-order chi connectivity index (χ0) is 18.4. The number of amides is 1. The van der Waals surface area contributed by atoms with E-state index in [0.29, 0.717) is 31.0 Å². The van der Waals surface area contributed by atoms with Crippen LogP contribution in [0.5, 0.6) is 5.75 Å². The van der Waals surface area contributed by atoms with E-state index in [1.165, 1.54) is 0 Å². The van der Waals surface area contributed by atoms with Gasteiger partial charge in [-0.1, -0.05) is 47.1 Å². The van der Waals surface area contributed by atoms with Crippen LogP contribution in [0.2, 0.25) is 5.02 Å². The van der Waals surface area contributed by atoms with E-state index in [9.17, 15) is 4.79 Å². The molecule has 0 unspecified atom stereocenters. The third-order valence-corrected chi connectivity index (χ3v) is 5.43. The van der Waals surface area contributed by atoms with E-state index < -0.39 is 6.10 Å². The van der Waals surface area contributed by atoms with Gasteiger partial charge in [0, 0.05) is 35.5 Å². The SMILES string of the molecule is O=C([C@@H]1Cc2ccccc2O1)N1CCc2onc(-c3ccc(Cl)cc3)c2C1. The van der Waals surface area contributed by atoms with Gasteiger partial charge in [-0.15, -0.1) is 0 Å². The van der Waals surface area contributed by atoms with Gasteiger partial charge >= 0.3 is 0 Å². The zero-order valence-corrected chi connectivity index (χ0v) is 15.3. The summed E-state index contributed by atoms with van der Waals surface area (Å²) in [6.07, 6.45) is 0.815. The monoisotopic (exact) mass is 380 g/mol. The molecule has 2 aliphatic heterocycles. The molecule has 0 saturated heterocycles. The number of rotatable bonds is 2. The number of hydrogen-bond acceptors (Lipinski definition) is 4. The number of benzene rings is 2. The molecule has 0 fully saturated rings. The van der Waals surface area contributed by atoms with E-state index in [2.05, 4.69) is 5.16 Å². The lowest BCUT2D eigenvalue weighted by Crippen LogP contribution is -2.43. The van der Waals surface area contributed by atoms with Gasteiger partial charge in [0.25, 0.3) is 5.91 Å². The molecule has 0 bridgehead atoms. The van der Waals surface area contributed by atoms with E-state index in [4.69, 9.17) is 20.9 Å². The predicted molar refractivity (Wildman–Crippen MR) is 101 cm³/mol. The van der Waals surface area contributed by atoms with Crippen LogP contribution in [0.3, 0.4) is 0 Å². The van der Waals surface area contributed by atoms with Crippen LogP contribution >= 0.6 is 11.6 Å². The molecular formula is C21H17ClN2O3. The highest BCUT2D eigenvalue weighted by molar-refractivity contribution is 6.30. The summed E-state index contributed by atoms with van der Waals surface area (Å²) in [5.74, 6) is 1.67. The van der Waals surface area contributed by atoms with Crippen LogP contribution in [-0.2, 0) is 24.2 Å². The molecule has 0 N–H and O–H groups in total. The fraction of sp³-hybridized carbons (Fsp3) is 0.238. The largest absolute Gasteiger partial charge is 0.480 e. The van der Waals surface area contributed by atoms with E-state index in [1.54, 1.807) is 0 Å². The van der Waals surface area contributed by atoms with Crippen molar-refractivity contribution >= 4 is 17.5 Å². The summed E-state index contributed by atoms with van der Waals surface area (Å²) in [4.78, 5) is 14.9. The first-order valence-corrected chi connectivity index (χ1v) is 9.33. The molecule has 2 aromatic carbocycles. The molecular weight excluding hydrogens is 364 g/mol. The summed E-state index contributed by atoms with van der Waals surface area (Å²) in [6, 6.07) is 15.3. The van der Waals surface area contributed by atoms with Crippen LogP contribution < -0.4 is 4.74 Å². The van der Waals surface area contributed by atoms with Crippen molar-refractivity contribution in [2.45, 2.75) is 25.5 Å². The van der Waals surface area contributed by atoms with Crippen LogP contribution in [0, 0.1) is 0 Å². The van der Waals surface area contributed by atoms with E-state index in [-0.39, 0.29) is 5.91 Å². The lowest BCUT2D eigenvalue weighted by atomic mass is 10.0. The van der Waals surface area contributed by atoms with E-state index in [1.807, 2.05) is 53.4 Å². The summed E-state index contributed by atoms with van der Waals surface area (Å²) in [5, 5.41) is 4.91. The topological polar surface area (TPSA) is 55.6 Å². The number of carbonyl (C=O) groups is 1. The maximum atomic E-state index is 13.0. The molecule has 3 aromatic rings. The first kappa shape index (κ1) is 16.4. The molecule has 0 aliphatic carbocycles. The molecule has 0 radical (unpaired) electrons. The van der Waals surface area contributed by atoms with Gasteiger partial charge in [-0.05, 0) is 23.8 Å². The maximum absolute atomic E-state index is 13.0. The number of aromatic nitrogens is 1. The second kappa shape index (κ2) is 6.43. The zero-order valence-electron chi connectivity index (χ0n) is 14.5. The number of para-hydroxylation sites is 1. The molecule has 5 nitrogen and oxygen atoms in total. The predicted octanol–water partition coefficient (Wildman–Crippen LogP) is 3.88. The Morgan fingerprint density at radius 2 is 1.96 bits per heavy atom. The third kappa shape index (κ3) is 2.88.